The number of anilines is 2. The molecule has 23 heavy (non-hydrogen) atoms. The molecule has 0 saturated carbocycles. The van der Waals surface area contributed by atoms with E-state index >= 15 is 0 Å². The van der Waals surface area contributed by atoms with Gasteiger partial charge in [0.1, 0.15) is 0 Å². The Labute approximate surface area is 132 Å². The average Bonchev–Trinajstić information content (AvgIpc) is 2.52. The molecule has 0 aliphatic carbocycles. The Bertz CT molecular complexity index is 684. The summed E-state index contributed by atoms with van der Waals surface area (Å²) in [6.07, 6.45) is -3.49. The van der Waals surface area contributed by atoms with Crippen molar-refractivity contribution in [2.45, 2.75) is 19.5 Å². The number of hydrogen-bond donors (Lipinski definition) is 2. The fourth-order valence-corrected chi connectivity index (χ4v) is 2.02. The molecular weight excluding hydrogens is 305 g/mol. The van der Waals surface area contributed by atoms with Crippen LogP contribution >= 0.6 is 0 Å². The molecule has 2 rings (SSSR count). The van der Waals surface area contributed by atoms with Crippen LogP contribution in [-0.2, 0) is 6.18 Å². The van der Waals surface area contributed by atoms with Gasteiger partial charge in [0.05, 0.1) is 5.56 Å². The standard InChI is InChI=1S/C17H17F3N2O/c1-2-9-21-14-7-3-5-12(10-14)16(23)22-15-8-4-6-13(11-15)17(18,19)20/h3-8,10-11,21H,2,9H2,1H3,(H,22,23). The van der Waals surface area contributed by atoms with Crippen molar-refractivity contribution in [3.8, 4) is 0 Å². The molecule has 0 bridgehead atoms. The van der Waals surface area contributed by atoms with Gasteiger partial charge in [0, 0.05) is 23.5 Å². The second-order valence-corrected chi connectivity index (χ2v) is 5.04. The van der Waals surface area contributed by atoms with Gasteiger partial charge in [-0.3, -0.25) is 4.79 Å². The lowest BCUT2D eigenvalue weighted by atomic mass is 10.1. The third-order valence-electron chi connectivity index (χ3n) is 3.15. The van der Waals surface area contributed by atoms with E-state index in [0.29, 0.717) is 5.56 Å². The van der Waals surface area contributed by atoms with E-state index < -0.39 is 17.6 Å². The first-order chi connectivity index (χ1) is 10.9. The minimum atomic E-state index is -4.44. The SMILES string of the molecule is CCCNc1cccc(C(=O)Nc2cccc(C(F)(F)F)c2)c1. The zero-order valence-electron chi connectivity index (χ0n) is 12.6. The molecule has 0 spiro atoms. The van der Waals surface area contributed by atoms with Gasteiger partial charge in [-0.2, -0.15) is 13.2 Å². The molecule has 3 nitrogen and oxygen atoms in total. The third-order valence-corrected chi connectivity index (χ3v) is 3.15. The van der Waals surface area contributed by atoms with E-state index in [0.717, 1.165) is 30.8 Å². The Balaban J connectivity index is 2.13. The van der Waals surface area contributed by atoms with E-state index in [9.17, 15) is 18.0 Å². The van der Waals surface area contributed by atoms with Gasteiger partial charge in [0.25, 0.3) is 5.91 Å². The van der Waals surface area contributed by atoms with Crippen LogP contribution in [0.3, 0.4) is 0 Å². The molecule has 0 heterocycles. The van der Waals surface area contributed by atoms with E-state index in [1.165, 1.54) is 12.1 Å². The van der Waals surface area contributed by atoms with Crippen LogP contribution in [0, 0.1) is 0 Å². The van der Waals surface area contributed by atoms with E-state index in [1.807, 2.05) is 13.0 Å². The van der Waals surface area contributed by atoms with Crippen LogP contribution < -0.4 is 10.6 Å². The molecule has 0 saturated heterocycles. The summed E-state index contributed by atoms with van der Waals surface area (Å²) in [6, 6.07) is 11.4. The van der Waals surface area contributed by atoms with E-state index in [-0.39, 0.29) is 5.69 Å². The van der Waals surface area contributed by atoms with Gasteiger partial charge in [-0.1, -0.05) is 19.1 Å². The normalized spacial score (nSPS) is 11.1. The summed E-state index contributed by atoms with van der Waals surface area (Å²) in [5.74, 6) is -0.454. The lowest BCUT2D eigenvalue weighted by molar-refractivity contribution is -0.137. The molecule has 122 valence electrons. The van der Waals surface area contributed by atoms with Crippen molar-refractivity contribution in [1.82, 2.24) is 0 Å². The topological polar surface area (TPSA) is 41.1 Å². The minimum absolute atomic E-state index is 0.108. The van der Waals surface area contributed by atoms with Gasteiger partial charge in [-0.25, -0.2) is 0 Å². The molecule has 0 aliphatic rings. The number of halogens is 3. The van der Waals surface area contributed by atoms with E-state index in [2.05, 4.69) is 10.6 Å². The summed E-state index contributed by atoms with van der Waals surface area (Å²) >= 11 is 0. The summed E-state index contributed by atoms with van der Waals surface area (Å²) in [4.78, 5) is 12.2. The Morgan fingerprint density at radius 2 is 1.74 bits per heavy atom. The predicted octanol–water partition coefficient (Wildman–Crippen LogP) is 4.78. The first-order valence-electron chi connectivity index (χ1n) is 7.22. The fraction of sp³-hybridized carbons (Fsp3) is 0.235. The largest absolute Gasteiger partial charge is 0.416 e. The Hall–Kier alpha value is -2.50. The first kappa shape index (κ1) is 16.9. The van der Waals surface area contributed by atoms with Crippen molar-refractivity contribution in [2.75, 3.05) is 17.2 Å². The summed E-state index contributed by atoms with van der Waals surface area (Å²) in [5.41, 5.74) is 0.484. The molecule has 2 aromatic rings. The molecule has 0 radical (unpaired) electrons. The van der Waals surface area contributed by atoms with E-state index in [1.54, 1.807) is 18.2 Å². The Kier molecular flexibility index (Phi) is 5.26. The van der Waals surface area contributed by atoms with Crippen molar-refractivity contribution in [1.29, 1.82) is 0 Å². The smallest absolute Gasteiger partial charge is 0.385 e. The van der Waals surface area contributed by atoms with Crippen LogP contribution in [0.5, 0.6) is 0 Å². The highest BCUT2D eigenvalue weighted by Crippen LogP contribution is 2.30. The second kappa shape index (κ2) is 7.17. The maximum absolute atomic E-state index is 12.7. The summed E-state index contributed by atoms with van der Waals surface area (Å²) in [6.45, 7) is 2.80. The zero-order chi connectivity index (χ0) is 16.9. The number of alkyl halides is 3. The molecule has 0 unspecified atom stereocenters. The highest BCUT2D eigenvalue weighted by atomic mass is 19.4. The van der Waals surface area contributed by atoms with Crippen molar-refractivity contribution in [2.24, 2.45) is 0 Å². The number of carbonyl (C=O) groups excluding carboxylic acids is 1. The second-order valence-electron chi connectivity index (χ2n) is 5.04. The molecule has 0 fully saturated rings. The number of hydrogen-bond acceptors (Lipinski definition) is 2. The fourth-order valence-electron chi connectivity index (χ4n) is 2.02. The minimum Gasteiger partial charge on any atom is -0.385 e. The number of nitrogens with one attached hydrogen (secondary N) is 2. The van der Waals surface area contributed by atoms with Crippen molar-refractivity contribution >= 4 is 17.3 Å². The van der Waals surface area contributed by atoms with Crippen LogP contribution in [0.4, 0.5) is 24.5 Å². The van der Waals surface area contributed by atoms with Crippen molar-refractivity contribution < 1.29 is 18.0 Å². The predicted molar refractivity (Wildman–Crippen MR) is 84.6 cm³/mol. The Morgan fingerprint density at radius 1 is 1.04 bits per heavy atom. The van der Waals surface area contributed by atoms with Gasteiger partial charge < -0.3 is 10.6 Å². The maximum atomic E-state index is 12.7. The Morgan fingerprint density at radius 3 is 2.43 bits per heavy atom. The van der Waals surface area contributed by atoms with Crippen molar-refractivity contribution in [3.63, 3.8) is 0 Å². The third kappa shape index (κ3) is 4.74. The van der Waals surface area contributed by atoms with Crippen molar-refractivity contribution in [3.05, 3.63) is 59.7 Å². The average molecular weight is 322 g/mol. The molecule has 0 aromatic heterocycles. The number of carbonyl (C=O) groups is 1. The molecule has 2 aromatic carbocycles. The van der Waals surface area contributed by atoms with Crippen LogP contribution in [0.15, 0.2) is 48.5 Å². The number of amides is 1. The molecular formula is C17H17F3N2O. The molecule has 0 aliphatic heterocycles. The lowest BCUT2D eigenvalue weighted by Gasteiger charge is -2.11. The lowest BCUT2D eigenvalue weighted by Crippen LogP contribution is -2.13. The molecule has 2 N–H and O–H groups in total. The van der Waals surface area contributed by atoms with Crippen LogP contribution in [0.2, 0.25) is 0 Å². The quantitative estimate of drug-likeness (QED) is 0.832. The van der Waals surface area contributed by atoms with Crippen LogP contribution in [0.25, 0.3) is 0 Å². The van der Waals surface area contributed by atoms with E-state index in [4.69, 9.17) is 0 Å². The van der Waals surface area contributed by atoms with Crippen LogP contribution in [-0.4, -0.2) is 12.5 Å². The highest BCUT2D eigenvalue weighted by Gasteiger charge is 2.30. The molecule has 1 amide bonds. The summed E-state index contributed by atoms with van der Waals surface area (Å²) in [5, 5.41) is 5.64. The van der Waals surface area contributed by atoms with Crippen LogP contribution in [0.1, 0.15) is 29.3 Å². The monoisotopic (exact) mass is 322 g/mol. The molecule has 6 heteroatoms. The van der Waals surface area contributed by atoms with Gasteiger partial charge in [0.2, 0.25) is 0 Å². The highest BCUT2D eigenvalue weighted by molar-refractivity contribution is 6.04. The maximum Gasteiger partial charge on any atom is 0.416 e. The summed E-state index contributed by atoms with van der Waals surface area (Å²) < 4.78 is 38.0. The number of rotatable bonds is 5. The first-order valence-corrected chi connectivity index (χ1v) is 7.22. The zero-order valence-corrected chi connectivity index (χ0v) is 12.6. The van der Waals surface area contributed by atoms with Gasteiger partial charge in [0.15, 0.2) is 0 Å². The molecule has 0 atom stereocenters. The number of benzene rings is 2. The van der Waals surface area contributed by atoms with Gasteiger partial charge in [-0.05, 0) is 42.8 Å². The summed E-state index contributed by atoms with van der Waals surface area (Å²) in [7, 11) is 0. The van der Waals surface area contributed by atoms with Gasteiger partial charge >= 0.3 is 6.18 Å². The van der Waals surface area contributed by atoms with Gasteiger partial charge in [-0.15, -0.1) is 0 Å².